The second kappa shape index (κ2) is 4.65. The van der Waals surface area contributed by atoms with E-state index in [4.69, 9.17) is 4.74 Å². The number of carbonyl (C=O) groups excluding carboxylic acids is 1. The molecule has 13 heavy (non-hydrogen) atoms. The molecule has 0 N–H and O–H groups in total. The lowest BCUT2D eigenvalue weighted by Crippen LogP contribution is -2.16. The Hall–Kier alpha value is -1.31. The molecule has 0 saturated heterocycles. The maximum Gasteiger partial charge on any atom is 0.314 e. The van der Waals surface area contributed by atoms with E-state index in [-0.39, 0.29) is 11.9 Å². The standard InChI is InChI=1S/C11H14O2/c1-3-9(2)11(12)13-10-7-5-4-6-8-10/h4-9H,3H2,1-2H3/t9-/m0/s1. The van der Waals surface area contributed by atoms with Gasteiger partial charge in [-0.2, -0.15) is 0 Å². The zero-order valence-electron chi connectivity index (χ0n) is 7.99. The van der Waals surface area contributed by atoms with Crippen LogP contribution >= 0.6 is 0 Å². The summed E-state index contributed by atoms with van der Waals surface area (Å²) in [7, 11) is 0. The molecular weight excluding hydrogens is 164 g/mol. The molecular formula is C11H14O2. The van der Waals surface area contributed by atoms with E-state index in [9.17, 15) is 4.79 Å². The van der Waals surface area contributed by atoms with Crippen LogP contribution in [0.5, 0.6) is 5.75 Å². The van der Waals surface area contributed by atoms with Crippen LogP contribution in [0.3, 0.4) is 0 Å². The van der Waals surface area contributed by atoms with Crippen molar-refractivity contribution in [3.8, 4) is 5.75 Å². The van der Waals surface area contributed by atoms with Crippen LogP contribution in [-0.4, -0.2) is 5.97 Å². The Morgan fingerprint density at radius 2 is 2.00 bits per heavy atom. The Kier molecular flexibility index (Phi) is 3.50. The van der Waals surface area contributed by atoms with Gasteiger partial charge < -0.3 is 4.74 Å². The van der Waals surface area contributed by atoms with Gasteiger partial charge in [0.1, 0.15) is 5.75 Å². The van der Waals surface area contributed by atoms with E-state index in [1.165, 1.54) is 0 Å². The molecule has 0 aliphatic heterocycles. The summed E-state index contributed by atoms with van der Waals surface area (Å²) >= 11 is 0. The van der Waals surface area contributed by atoms with Gasteiger partial charge in [-0.3, -0.25) is 4.79 Å². The van der Waals surface area contributed by atoms with Crippen LogP contribution in [0.4, 0.5) is 0 Å². The molecule has 1 atom stereocenters. The molecule has 0 heterocycles. The Labute approximate surface area is 78.5 Å². The molecule has 1 rings (SSSR count). The minimum absolute atomic E-state index is 0.0276. The molecule has 1 aromatic carbocycles. The number of benzene rings is 1. The zero-order valence-corrected chi connectivity index (χ0v) is 7.99. The third-order valence-corrected chi connectivity index (χ3v) is 1.98. The number of esters is 1. The monoisotopic (exact) mass is 178 g/mol. The topological polar surface area (TPSA) is 26.3 Å². The lowest BCUT2D eigenvalue weighted by atomic mass is 10.1. The first kappa shape index (κ1) is 9.78. The van der Waals surface area contributed by atoms with Crippen molar-refractivity contribution < 1.29 is 9.53 Å². The Morgan fingerprint density at radius 1 is 1.38 bits per heavy atom. The van der Waals surface area contributed by atoms with Crippen LogP contribution in [0.15, 0.2) is 30.3 Å². The molecule has 0 bridgehead atoms. The summed E-state index contributed by atoms with van der Waals surface area (Å²) in [6.45, 7) is 3.84. The van der Waals surface area contributed by atoms with Crippen LogP contribution in [-0.2, 0) is 4.79 Å². The summed E-state index contributed by atoms with van der Waals surface area (Å²) < 4.78 is 5.13. The minimum Gasteiger partial charge on any atom is -0.426 e. The van der Waals surface area contributed by atoms with Gasteiger partial charge in [0.2, 0.25) is 0 Å². The first-order valence-electron chi connectivity index (χ1n) is 4.50. The Balaban J connectivity index is 2.55. The lowest BCUT2D eigenvalue weighted by molar-refractivity contribution is -0.138. The van der Waals surface area contributed by atoms with Gasteiger partial charge in [-0.1, -0.05) is 32.0 Å². The van der Waals surface area contributed by atoms with Crippen molar-refractivity contribution in [3.63, 3.8) is 0 Å². The molecule has 0 spiro atoms. The second-order valence-electron chi connectivity index (χ2n) is 3.04. The van der Waals surface area contributed by atoms with Gasteiger partial charge in [0, 0.05) is 0 Å². The summed E-state index contributed by atoms with van der Waals surface area (Å²) in [5, 5.41) is 0. The van der Waals surface area contributed by atoms with E-state index in [1.54, 1.807) is 12.1 Å². The maximum atomic E-state index is 11.3. The van der Waals surface area contributed by atoms with Crippen LogP contribution in [0.1, 0.15) is 20.3 Å². The summed E-state index contributed by atoms with van der Waals surface area (Å²) in [5.74, 6) is 0.432. The highest BCUT2D eigenvalue weighted by atomic mass is 16.5. The number of carbonyl (C=O) groups is 1. The van der Waals surface area contributed by atoms with Crippen LogP contribution in [0.25, 0.3) is 0 Å². The smallest absolute Gasteiger partial charge is 0.314 e. The molecule has 0 radical (unpaired) electrons. The molecule has 1 aromatic rings. The van der Waals surface area contributed by atoms with Crippen molar-refractivity contribution in [3.05, 3.63) is 30.3 Å². The first-order valence-corrected chi connectivity index (χ1v) is 4.50. The van der Waals surface area contributed by atoms with Gasteiger partial charge in [-0.25, -0.2) is 0 Å². The summed E-state index contributed by atoms with van der Waals surface area (Å²) in [6, 6.07) is 9.14. The highest BCUT2D eigenvalue weighted by Crippen LogP contribution is 2.12. The Morgan fingerprint density at radius 3 is 2.54 bits per heavy atom. The van der Waals surface area contributed by atoms with Crippen molar-refractivity contribution in [2.75, 3.05) is 0 Å². The molecule has 0 aliphatic carbocycles. The highest BCUT2D eigenvalue weighted by molar-refractivity contribution is 5.74. The van der Waals surface area contributed by atoms with Crippen molar-refractivity contribution in [2.45, 2.75) is 20.3 Å². The van der Waals surface area contributed by atoms with Crippen LogP contribution in [0.2, 0.25) is 0 Å². The number of rotatable bonds is 3. The molecule has 0 saturated carbocycles. The van der Waals surface area contributed by atoms with Crippen LogP contribution < -0.4 is 4.74 Å². The van der Waals surface area contributed by atoms with E-state index in [0.29, 0.717) is 5.75 Å². The largest absolute Gasteiger partial charge is 0.426 e. The van der Waals surface area contributed by atoms with E-state index in [2.05, 4.69) is 0 Å². The van der Waals surface area contributed by atoms with Crippen molar-refractivity contribution >= 4 is 5.97 Å². The van der Waals surface area contributed by atoms with Crippen molar-refractivity contribution in [1.82, 2.24) is 0 Å². The minimum atomic E-state index is -0.159. The average Bonchev–Trinajstić information content (AvgIpc) is 2.18. The Bertz CT molecular complexity index is 267. The van der Waals surface area contributed by atoms with E-state index in [1.807, 2.05) is 32.0 Å². The van der Waals surface area contributed by atoms with Gasteiger partial charge >= 0.3 is 5.97 Å². The number of hydrogen-bond acceptors (Lipinski definition) is 2. The lowest BCUT2D eigenvalue weighted by Gasteiger charge is -2.07. The molecule has 0 aliphatic rings. The van der Waals surface area contributed by atoms with Gasteiger partial charge in [0.25, 0.3) is 0 Å². The van der Waals surface area contributed by atoms with Crippen LogP contribution in [0, 0.1) is 5.92 Å². The van der Waals surface area contributed by atoms with Gasteiger partial charge in [-0.15, -0.1) is 0 Å². The first-order chi connectivity index (χ1) is 6.24. The predicted octanol–water partition coefficient (Wildman–Crippen LogP) is 2.64. The van der Waals surface area contributed by atoms with Gasteiger partial charge in [0.05, 0.1) is 5.92 Å². The number of hydrogen-bond donors (Lipinski definition) is 0. The third-order valence-electron chi connectivity index (χ3n) is 1.98. The summed E-state index contributed by atoms with van der Waals surface area (Å²) in [5.41, 5.74) is 0. The quantitative estimate of drug-likeness (QED) is 0.525. The highest BCUT2D eigenvalue weighted by Gasteiger charge is 2.12. The molecule has 0 unspecified atom stereocenters. The molecule has 0 fully saturated rings. The molecule has 2 heteroatoms. The normalized spacial score (nSPS) is 12.2. The summed E-state index contributed by atoms with van der Waals surface area (Å²) in [6.07, 6.45) is 0.811. The fourth-order valence-electron chi connectivity index (χ4n) is 0.872. The fourth-order valence-corrected chi connectivity index (χ4v) is 0.872. The van der Waals surface area contributed by atoms with Gasteiger partial charge in [0.15, 0.2) is 0 Å². The van der Waals surface area contributed by atoms with Crippen molar-refractivity contribution in [2.24, 2.45) is 5.92 Å². The number of ether oxygens (including phenoxy) is 1. The second-order valence-corrected chi connectivity index (χ2v) is 3.04. The van der Waals surface area contributed by atoms with E-state index in [0.717, 1.165) is 6.42 Å². The SMILES string of the molecule is CC[C@H](C)C(=O)Oc1ccccc1. The van der Waals surface area contributed by atoms with E-state index >= 15 is 0 Å². The maximum absolute atomic E-state index is 11.3. The van der Waals surface area contributed by atoms with E-state index < -0.39 is 0 Å². The third kappa shape index (κ3) is 2.90. The molecule has 70 valence electrons. The van der Waals surface area contributed by atoms with Gasteiger partial charge in [-0.05, 0) is 18.6 Å². The molecule has 2 nitrogen and oxygen atoms in total. The zero-order chi connectivity index (χ0) is 9.68. The predicted molar refractivity (Wildman–Crippen MR) is 51.5 cm³/mol. The summed E-state index contributed by atoms with van der Waals surface area (Å²) in [4.78, 5) is 11.3. The van der Waals surface area contributed by atoms with Crippen molar-refractivity contribution in [1.29, 1.82) is 0 Å². The molecule has 0 aromatic heterocycles. The molecule has 0 amide bonds. The number of para-hydroxylation sites is 1. The fraction of sp³-hybridized carbons (Fsp3) is 0.364. The average molecular weight is 178 g/mol.